The summed E-state index contributed by atoms with van der Waals surface area (Å²) in [6.45, 7) is 3.64. The highest BCUT2D eigenvalue weighted by Gasteiger charge is 2.29. The van der Waals surface area contributed by atoms with Gasteiger partial charge in [-0.3, -0.25) is 0 Å². The van der Waals surface area contributed by atoms with E-state index in [1.807, 2.05) is 23.1 Å². The molecular formula is C18H21N5O4S. The Morgan fingerprint density at radius 3 is 2.64 bits per heavy atom. The summed E-state index contributed by atoms with van der Waals surface area (Å²) in [5.74, 6) is 1.67. The van der Waals surface area contributed by atoms with Crippen LogP contribution in [0.1, 0.15) is 11.5 Å². The lowest BCUT2D eigenvalue weighted by atomic mass is 10.2. The lowest BCUT2D eigenvalue weighted by Gasteiger charge is -2.34. The number of hydrogen-bond acceptors (Lipinski definition) is 8. The zero-order valence-electron chi connectivity index (χ0n) is 15.7. The Balaban J connectivity index is 1.46. The molecule has 148 valence electrons. The Hall–Kier alpha value is -2.72. The first-order chi connectivity index (χ1) is 13.5. The first-order valence-corrected chi connectivity index (χ1v) is 10.5. The standard InChI is InChI=1S/C18H21N5O4S/c1-13-19-17(11-18(20-13)26-2)22-7-9-23(10-8-22)28(24,25)12-15-14-5-3-4-6-16(14)27-21-15/h3-6,11H,7-10,12H2,1-2H3. The van der Waals surface area contributed by atoms with Crippen molar-refractivity contribution in [3.63, 3.8) is 0 Å². The molecule has 1 saturated heterocycles. The number of methoxy groups -OCH3 is 1. The lowest BCUT2D eigenvalue weighted by Crippen LogP contribution is -2.49. The molecule has 28 heavy (non-hydrogen) atoms. The van der Waals surface area contributed by atoms with Crippen LogP contribution in [0.4, 0.5) is 5.82 Å². The average molecular weight is 403 g/mol. The lowest BCUT2D eigenvalue weighted by molar-refractivity contribution is 0.378. The molecule has 0 amide bonds. The molecule has 1 fully saturated rings. The van der Waals surface area contributed by atoms with Gasteiger partial charge < -0.3 is 14.2 Å². The summed E-state index contributed by atoms with van der Waals surface area (Å²) in [6, 6.07) is 9.02. The van der Waals surface area contributed by atoms with Crippen molar-refractivity contribution in [2.75, 3.05) is 38.2 Å². The van der Waals surface area contributed by atoms with E-state index < -0.39 is 10.0 Å². The highest BCUT2D eigenvalue weighted by Crippen LogP contribution is 2.23. The third kappa shape index (κ3) is 3.65. The molecular weight excluding hydrogens is 382 g/mol. The van der Waals surface area contributed by atoms with Crippen LogP contribution in [0.3, 0.4) is 0 Å². The van der Waals surface area contributed by atoms with Crippen molar-refractivity contribution in [1.29, 1.82) is 0 Å². The molecule has 0 spiro atoms. The zero-order chi connectivity index (χ0) is 19.7. The fraction of sp³-hybridized carbons (Fsp3) is 0.389. The Labute approximate surface area is 163 Å². The summed E-state index contributed by atoms with van der Waals surface area (Å²) in [7, 11) is -1.94. The van der Waals surface area contributed by atoms with Crippen LogP contribution in [0.5, 0.6) is 5.88 Å². The molecule has 2 aromatic heterocycles. The number of aromatic nitrogens is 3. The van der Waals surface area contributed by atoms with Crippen LogP contribution in [0.2, 0.25) is 0 Å². The van der Waals surface area contributed by atoms with E-state index in [0.29, 0.717) is 49.2 Å². The quantitative estimate of drug-likeness (QED) is 0.633. The first kappa shape index (κ1) is 18.6. The number of para-hydroxylation sites is 1. The molecule has 0 saturated carbocycles. The van der Waals surface area contributed by atoms with Crippen molar-refractivity contribution in [3.8, 4) is 5.88 Å². The van der Waals surface area contributed by atoms with Crippen molar-refractivity contribution in [2.45, 2.75) is 12.7 Å². The van der Waals surface area contributed by atoms with Crippen LogP contribution in [-0.2, 0) is 15.8 Å². The topological polar surface area (TPSA) is 102 Å². The number of benzene rings is 1. The molecule has 1 aromatic carbocycles. The third-order valence-corrected chi connectivity index (χ3v) is 6.53. The number of rotatable bonds is 5. The van der Waals surface area contributed by atoms with Gasteiger partial charge in [-0.05, 0) is 19.1 Å². The van der Waals surface area contributed by atoms with Crippen molar-refractivity contribution in [2.24, 2.45) is 0 Å². The van der Waals surface area contributed by atoms with Gasteiger partial charge in [-0.1, -0.05) is 17.3 Å². The van der Waals surface area contributed by atoms with Gasteiger partial charge in [0.15, 0.2) is 5.58 Å². The van der Waals surface area contributed by atoms with Crippen LogP contribution in [0.25, 0.3) is 11.0 Å². The molecule has 1 aliphatic rings. The van der Waals surface area contributed by atoms with Crippen molar-refractivity contribution < 1.29 is 17.7 Å². The van der Waals surface area contributed by atoms with Gasteiger partial charge in [0.1, 0.15) is 23.1 Å². The normalized spacial score (nSPS) is 15.9. The van der Waals surface area contributed by atoms with E-state index in [2.05, 4.69) is 15.1 Å². The molecule has 0 atom stereocenters. The maximum atomic E-state index is 12.9. The highest BCUT2D eigenvalue weighted by atomic mass is 32.2. The number of ether oxygens (including phenoxy) is 1. The van der Waals surface area contributed by atoms with Crippen LogP contribution in [-0.4, -0.2) is 61.1 Å². The number of fused-ring (bicyclic) bond motifs is 1. The summed E-state index contributed by atoms with van der Waals surface area (Å²) in [6.07, 6.45) is 0. The third-order valence-electron chi connectivity index (χ3n) is 4.74. The molecule has 0 aliphatic carbocycles. The predicted octanol–water partition coefficient (Wildman–Crippen LogP) is 1.59. The van der Waals surface area contributed by atoms with Crippen molar-refractivity contribution in [3.05, 3.63) is 41.9 Å². The second-order valence-electron chi connectivity index (χ2n) is 6.58. The Bertz CT molecular complexity index is 1090. The fourth-order valence-corrected chi connectivity index (χ4v) is 4.75. The molecule has 0 radical (unpaired) electrons. The van der Waals surface area contributed by atoms with Crippen molar-refractivity contribution in [1.82, 2.24) is 19.4 Å². The minimum absolute atomic E-state index is 0.176. The SMILES string of the molecule is COc1cc(N2CCN(S(=O)(=O)Cc3noc4ccccc34)CC2)nc(C)n1. The van der Waals surface area contributed by atoms with Gasteiger partial charge in [0.2, 0.25) is 15.9 Å². The molecule has 1 aliphatic heterocycles. The maximum absolute atomic E-state index is 12.9. The molecule has 3 aromatic rings. The van der Waals surface area contributed by atoms with Crippen LogP contribution in [0.15, 0.2) is 34.9 Å². The van der Waals surface area contributed by atoms with Gasteiger partial charge in [0.25, 0.3) is 0 Å². The van der Waals surface area contributed by atoms with E-state index in [-0.39, 0.29) is 5.75 Å². The summed E-state index contributed by atoms with van der Waals surface area (Å²) < 4.78 is 37.7. The molecule has 0 unspecified atom stereocenters. The second-order valence-corrected chi connectivity index (χ2v) is 8.55. The van der Waals surface area contributed by atoms with Gasteiger partial charge >= 0.3 is 0 Å². The molecule has 0 bridgehead atoms. The van der Waals surface area contributed by atoms with Crippen molar-refractivity contribution >= 4 is 26.8 Å². The van der Waals surface area contributed by atoms with E-state index in [4.69, 9.17) is 9.26 Å². The number of sulfonamides is 1. The van der Waals surface area contributed by atoms with Gasteiger partial charge in [-0.25, -0.2) is 13.4 Å². The fourth-order valence-electron chi connectivity index (χ4n) is 3.29. The largest absolute Gasteiger partial charge is 0.481 e. The zero-order valence-corrected chi connectivity index (χ0v) is 16.5. The number of anilines is 1. The molecule has 9 nitrogen and oxygen atoms in total. The second kappa shape index (κ2) is 7.36. The summed E-state index contributed by atoms with van der Waals surface area (Å²) in [5.41, 5.74) is 1.03. The van der Waals surface area contributed by atoms with Gasteiger partial charge in [-0.15, -0.1) is 0 Å². The Morgan fingerprint density at radius 2 is 1.89 bits per heavy atom. The van der Waals surface area contributed by atoms with E-state index in [0.717, 1.165) is 11.2 Å². The average Bonchev–Trinajstić information content (AvgIpc) is 3.10. The van der Waals surface area contributed by atoms with Gasteiger partial charge in [0, 0.05) is 37.6 Å². The monoisotopic (exact) mass is 403 g/mol. The number of piperazine rings is 1. The molecule has 10 heteroatoms. The minimum Gasteiger partial charge on any atom is -0.481 e. The molecule has 3 heterocycles. The minimum atomic E-state index is -3.50. The van der Waals surface area contributed by atoms with Crippen LogP contribution >= 0.6 is 0 Å². The Kier molecular flexibility index (Phi) is 4.90. The number of aryl methyl sites for hydroxylation is 1. The number of hydrogen-bond donors (Lipinski definition) is 0. The van der Waals surface area contributed by atoms with Gasteiger partial charge in [-0.2, -0.15) is 9.29 Å². The number of nitrogens with zero attached hydrogens (tertiary/aromatic N) is 5. The molecule has 4 rings (SSSR count). The van der Waals surface area contributed by atoms with E-state index >= 15 is 0 Å². The van der Waals surface area contributed by atoms with Gasteiger partial charge in [0.05, 0.1) is 7.11 Å². The van der Waals surface area contributed by atoms with E-state index in [9.17, 15) is 8.42 Å². The first-order valence-electron chi connectivity index (χ1n) is 8.92. The van der Waals surface area contributed by atoms with E-state index in [1.54, 1.807) is 26.2 Å². The predicted molar refractivity (Wildman–Crippen MR) is 104 cm³/mol. The Morgan fingerprint density at radius 1 is 1.14 bits per heavy atom. The maximum Gasteiger partial charge on any atom is 0.220 e. The highest BCUT2D eigenvalue weighted by molar-refractivity contribution is 7.88. The summed E-state index contributed by atoms with van der Waals surface area (Å²) >= 11 is 0. The summed E-state index contributed by atoms with van der Waals surface area (Å²) in [4.78, 5) is 10.7. The van der Waals surface area contributed by atoms with E-state index in [1.165, 1.54) is 4.31 Å². The smallest absolute Gasteiger partial charge is 0.220 e. The van der Waals surface area contributed by atoms with Crippen LogP contribution < -0.4 is 9.64 Å². The molecule has 0 N–H and O–H groups in total. The summed E-state index contributed by atoms with van der Waals surface area (Å²) in [5, 5.41) is 4.67. The van der Waals surface area contributed by atoms with Crippen LogP contribution in [0, 0.1) is 6.92 Å².